The molecule has 0 aliphatic carbocycles. The lowest BCUT2D eigenvalue weighted by Gasteiger charge is -2.25. The van der Waals surface area contributed by atoms with E-state index in [4.69, 9.17) is 5.73 Å². The summed E-state index contributed by atoms with van der Waals surface area (Å²) in [7, 11) is 0. The summed E-state index contributed by atoms with van der Waals surface area (Å²) in [5.41, 5.74) is 7.96. The second kappa shape index (κ2) is 6.03. The summed E-state index contributed by atoms with van der Waals surface area (Å²) in [5.74, 6) is 0.0609. The van der Waals surface area contributed by atoms with Crippen molar-refractivity contribution in [2.45, 2.75) is 25.8 Å². The number of halogens is 1. The number of hydrogen-bond donors (Lipinski definition) is 1. The van der Waals surface area contributed by atoms with E-state index in [9.17, 15) is 4.79 Å². The number of nitrogens with zero attached hydrogens (tertiary/aromatic N) is 1. The van der Waals surface area contributed by atoms with Gasteiger partial charge in [-0.3, -0.25) is 4.79 Å². The van der Waals surface area contributed by atoms with E-state index < -0.39 is 0 Å². The van der Waals surface area contributed by atoms with Crippen molar-refractivity contribution in [3.05, 3.63) is 35.4 Å². The van der Waals surface area contributed by atoms with Crippen molar-refractivity contribution >= 4 is 18.3 Å². The van der Waals surface area contributed by atoms with Crippen LogP contribution in [0.15, 0.2) is 24.3 Å². The fourth-order valence-corrected chi connectivity index (χ4v) is 2.47. The molecule has 1 atom stereocenters. The molecule has 1 aliphatic rings. The van der Waals surface area contributed by atoms with Crippen LogP contribution in [0, 0.1) is 6.92 Å². The summed E-state index contributed by atoms with van der Waals surface area (Å²) in [6.45, 7) is 3.05. The maximum atomic E-state index is 11.7. The van der Waals surface area contributed by atoms with Gasteiger partial charge in [0.15, 0.2) is 0 Å². The van der Waals surface area contributed by atoms with Crippen LogP contribution in [0.1, 0.15) is 30.0 Å². The number of amides is 1. The second-order valence-electron chi connectivity index (χ2n) is 4.31. The maximum Gasteiger partial charge on any atom is 0.236 e. The lowest BCUT2D eigenvalue weighted by molar-refractivity contribution is -0.130. The van der Waals surface area contributed by atoms with Gasteiger partial charge in [0.25, 0.3) is 0 Å². The molecular weight excluding hydrogens is 236 g/mol. The van der Waals surface area contributed by atoms with Gasteiger partial charge in [0, 0.05) is 6.54 Å². The number of likely N-dealkylation sites (tertiary alicyclic amines) is 1. The highest BCUT2D eigenvalue weighted by Crippen LogP contribution is 2.33. The molecule has 1 aliphatic heterocycles. The number of rotatable bonds is 2. The van der Waals surface area contributed by atoms with Gasteiger partial charge in [-0.25, -0.2) is 0 Å². The number of nitrogens with two attached hydrogens (primary N) is 1. The third-order valence-corrected chi connectivity index (χ3v) is 3.30. The Morgan fingerprint density at radius 2 is 2.18 bits per heavy atom. The van der Waals surface area contributed by atoms with Gasteiger partial charge in [-0.05, 0) is 30.9 Å². The van der Waals surface area contributed by atoms with Gasteiger partial charge >= 0.3 is 0 Å². The standard InChI is InChI=1S/C13H18N2O.ClH/c1-10-5-2-3-6-11(10)12-7-4-8-15(12)13(16)9-14;/h2-3,5-6,12H,4,7-9,14H2,1H3;1H. The number of carbonyl (C=O) groups excluding carboxylic acids is 1. The molecular formula is C13H19ClN2O. The first-order valence-corrected chi connectivity index (χ1v) is 5.79. The molecule has 1 unspecified atom stereocenters. The largest absolute Gasteiger partial charge is 0.335 e. The lowest BCUT2D eigenvalue weighted by atomic mass is 9.99. The third-order valence-electron chi connectivity index (χ3n) is 3.30. The molecule has 1 amide bonds. The average molecular weight is 255 g/mol. The van der Waals surface area contributed by atoms with Crippen molar-refractivity contribution in [3.8, 4) is 0 Å². The highest BCUT2D eigenvalue weighted by atomic mass is 35.5. The summed E-state index contributed by atoms with van der Waals surface area (Å²) in [6.07, 6.45) is 2.13. The molecule has 0 spiro atoms. The molecule has 17 heavy (non-hydrogen) atoms. The van der Waals surface area contributed by atoms with Crippen molar-refractivity contribution in [2.24, 2.45) is 5.73 Å². The Hall–Kier alpha value is -1.06. The van der Waals surface area contributed by atoms with E-state index in [1.807, 2.05) is 17.0 Å². The predicted octanol–water partition coefficient (Wildman–Crippen LogP) is 2.04. The van der Waals surface area contributed by atoms with E-state index in [1.165, 1.54) is 11.1 Å². The van der Waals surface area contributed by atoms with Gasteiger partial charge in [-0.15, -0.1) is 12.4 Å². The molecule has 0 saturated carbocycles. The first-order chi connectivity index (χ1) is 7.74. The quantitative estimate of drug-likeness (QED) is 0.878. The van der Waals surface area contributed by atoms with Gasteiger partial charge in [0.2, 0.25) is 5.91 Å². The Morgan fingerprint density at radius 3 is 2.82 bits per heavy atom. The molecule has 0 bridgehead atoms. The van der Waals surface area contributed by atoms with E-state index in [-0.39, 0.29) is 30.9 Å². The van der Waals surface area contributed by atoms with Crippen LogP contribution < -0.4 is 5.73 Å². The molecule has 1 fully saturated rings. The first kappa shape index (κ1) is 14.0. The van der Waals surface area contributed by atoms with Gasteiger partial charge in [0.1, 0.15) is 0 Å². The van der Waals surface area contributed by atoms with Crippen LogP contribution in [-0.4, -0.2) is 23.9 Å². The zero-order valence-electron chi connectivity index (χ0n) is 10.1. The van der Waals surface area contributed by atoms with Crippen LogP contribution in [0.2, 0.25) is 0 Å². The Bertz CT molecular complexity index is 395. The zero-order chi connectivity index (χ0) is 11.5. The third kappa shape index (κ3) is 2.79. The fraction of sp³-hybridized carbons (Fsp3) is 0.462. The van der Waals surface area contributed by atoms with E-state index in [0.29, 0.717) is 0 Å². The molecule has 3 nitrogen and oxygen atoms in total. The van der Waals surface area contributed by atoms with Crippen LogP contribution in [0.4, 0.5) is 0 Å². The highest BCUT2D eigenvalue weighted by molar-refractivity contribution is 5.85. The van der Waals surface area contributed by atoms with E-state index >= 15 is 0 Å². The number of benzene rings is 1. The number of hydrogen-bond acceptors (Lipinski definition) is 2. The molecule has 94 valence electrons. The van der Waals surface area contributed by atoms with Crippen molar-refractivity contribution in [3.63, 3.8) is 0 Å². The molecule has 1 aromatic carbocycles. The van der Waals surface area contributed by atoms with Gasteiger partial charge in [-0.1, -0.05) is 24.3 Å². The summed E-state index contributed by atoms with van der Waals surface area (Å²) in [6, 6.07) is 8.51. The van der Waals surface area contributed by atoms with Crippen LogP contribution in [-0.2, 0) is 4.79 Å². The minimum atomic E-state index is 0. The van der Waals surface area contributed by atoms with Crippen molar-refractivity contribution in [1.29, 1.82) is 0 Å². The summed E-state index contributed by atoms with van der Waals surface area (Å²) in [4.78, 5) is 13.6. The van der Waals surface area contributed by atoms with Gasteiger partial charge < -0.3 is 10.6 Å². The summed E-state index contributed by atoms with van der Waals surface area (Å²) in [5, 5.41) is 0. The highest BCUT2D eigenvalue weighted by Gasteiger charge is 2.29. The maximum absolute atomic E-state index is 11.7. The summed E-state index contributed by atoms with van der Waals surface area (Å²) < 4.78 is 0. The zero-order valence-corrected chi connectivity index (χ0v) is 10.9. The van der Waals surface area contributed by atoms with Crippen LogP contribution in [0.5, 0.6) is 0 Å². The Kier molecular flexibility index (Phi) is 4.97. The molecule has 1 heterocycles. The topological polar surface area (TPSA) is 46.3 Å². The van der Waals surface area contributed by atoms with E-state index in [1.54, 1.807) is 0 Å². The van der Waals surface area contributed by atoms with E-state index in [2.05, 4.69) is 19.1 Å². The normalized spacial score (nSPS) is 18.9. The van der Waals surface area contributed by atoms with Crippen molar-refractivity contribution < 1.29 is 4.79 Å². The van der Waals surface area contributed by atoms with Gasteiger partial charge in [0.05, 0.1) is 12.6 Å². The summed E-state index contributed by atoms with van der Waals surface area (Å²) >= 11 is 0. The Morgan fingerprint density at radius 1 is 1.47 bits per heavy atom. The lowest BCUT2D eigenvalue weighted by Crippen LogP contribution is -2.35. The van der Waals surface area contributed by atoms with E-state index in [0.717, 1.165) is 19.4 Å². The van der Waals surface area contributed by atoms with Crippen LogP contribution in [0.3, 0.4) is 0 Å². The Labute approximate surface area is 108 Å². The molecule has 2 N–H and O–H groups in total. The number of aryl methyl sites for hydroxylation is 1. The SMILES string of the molecule is Cc1ccccc1C1CCCN1C(=O)CN.Cl. The molecule has 1 saturated heterocycles. The van der Waals surface area contributed by atoms with Crippen molar-refractivity contribution in [2.75, 3.05) is 13.1 Å². The molecule has 0 aromatic heterocycles. The first-order valence-electron chi connectivity index (χ1n) is 5.79. The molecule has 4 heteroatoms. The van der Waals surface area contributed by atoms with Crippen LogP contribution in [0.25, 0.3) is 0 Å². The molecule has 2 rings (SSSR count). The predicted molar refractivity (Wildman–Crippen MR) is 71.2 cm³/mol. The second-order valence-corrected chi connectivity index (χ2v) is 4.31. The minimum absolute atomic E-state index is 0. The minimum Gasteiger partial charge on any atom is -0.335 e. The average Bonchev–Trinajstić information content (AvgIpc) is 2.77. The molecule has 1 aromatic rings. The monoisotopic (exact) mass is 254 g/mol. The van der Waals surface area contributed by atoms with Gasteiger partial charge in [-0.2, -0.15) is 0 Å². The van der Waals surface area contributed by atoms with Crippen molar-refractivity contribution in [1.82, 2.24) is 4.90 Å². The Balaban J connectivity index is 0.00000144. The van der Waals surface area contributed by atoms with Crippen LogP contribution >= 0.6 is 12.4 Å². The fourth-order valence-electron chi connectivity index (χ4n) is 2.47. The molecule has 0 radical (unpaired) electrons. The smallest absolute Gasteiger partial charge is 0.236 e. The number of carbonyl (C=O) groups is 1.